The summed E-state index contributed by atoms with van der Waals surface area (Å²) in [7, 11) is -3.89. The van der Waals surface area contributed by atoms with Crippen molar-refractivity contribution in [3.8, 4) is 11.1 Å². The molecule has 10 heteroatoms. The lowest BCUT2D eigenvalue weighted by molar-refractivity contribution is 0.194. The second-order valence-corrected chi connectivity index (χ2v) is 10.8. The van der Waals surface area contributed by atoms with Crippen LogP contribution in [0.4, 0.5) is 10.5 Å². The van der Waals surface area contributed by atoms with E-state index in [2.05, 4.69) is 15.0 Å². The smallest absolute Gasteiger partial charge is 0.404 e. The van der Waals surface area contributed by atoms with Gasteiger partial charge in [0.2, 0.25) is 0 Å². The number of halogens is 1. The van der Waals surface area contributed by atoms with E-state index >= 15 is 0 Å². The number of carbonyl (C=O) groups is 1. The highest BCUT2D eigenvalue weighted by molar-refractivity contribution is 7.92. The van der Waals surface area contributed by atoms with Crippen LogP contribution in [0, 0.1) is 13.8 Å². The van der Waals surface area contributed by atoms with Gasteiger partial charge in [-0.25, -0.2) is 18.2 Å². The Bertz CT molecular complexity index is 1480. The van der Waals surface area contributed by atoms with Crippen molar-refractivity contribution >= 4 is 55.0 Å². The monoisotopic (exact) mass is 501 g/mol. The van der Waals surface area contributed by atoms with Crippen molar-refractivity contribution in [1.29, 1.82) is 0 Å². The molecule has 4 aromatic rings. The van der Waals surface area contributed by atoms with Crippen LogP contribution in [-0.2, 0) is 16.6 Å². The van der Waals surface area contributed by atoms with E-state index in [4.69, 9.17) is 16.7 Å². The Morgan fingerprint density at radius 1 is 1.12 bits per heavy atom. The number of sulfonamides is 1. The van der Waals surface area contributed by atoms with Gasteiger partial charge in [-0.2, -0.15) is 0 Å². The number of nitrogens with one attached hydrogen (secondary N) is 2. The molecular formula is C23H20ClN3O4S2. The first-order valence-electron chi connectivity index (χ1n) is 9.89. The Kier molecular flexibility index (Phi) is 6.29. The van der Waals surface area contributed by atoms with Gasteiger partial charge in [0.25, 0.3) is 10.0 Å². The Labute approximate surface area is 200 Å². The third-order valence-electron chi connectivity index (χ3n) is 4.98. The van der Waals surface area contributed by atoms with Crippen LogP contribution < -0.4 is 10.0 Å². The lowest BCUT2D eigenvalue weighted by Crippen LogP contribution is -2.19. The molecule has 0 aliphatic heterocycles. The van der Waals surface area contributed by atoms with Crippen LogP contribution in [0.25, 0.3) is 21.3 Å². The molecule has 170 valence electrons. The molecular weight excluding hydrogens is 482 g/mol. The van der Waals surface area contributed by atoms with E-state index in [0.29, 0.717) is 26.6 Å². The minimum atomic E-state index is -3.89. The fourth-order valence-corrected chi connectivity index (χ4v) is 6.09. The molecule has 3 N–H and O–H groups in total. The van der Waals surface area contributed by atoms with E-state index in [-0.39, 0.29) is 11.4 Å². The number of hydrogen-bond acceptors (Lipinski definition) is 5. The third kappa shape index (κ3) is 4.95. The van der Waals surface area contributed by atoms with Gasteiger partial charge in [0, 0.05) is 33.1 Å². The number of pyridine rings is 1. The molecule has 0 fully saturated rings. The highest BCUT2D eigenvalue weighted by Gasteiger charge is 2.21. The summed E-state index contributed by atoms with van der Waals surface area (Å²) in [5.41, 5.74) is 3.58. The molecule has 7 nitrogen and oxygen atoms in total. The fraction of sp³-hybridized carbons (Fsp3) is 0.130. The number of carboxylic acid groups (broad SMARTS) is 1. The van der Waals surface area contributed by atoms with Crippen molar-refractivity contribution in [2.24, 2.45) is 0 Å². The van der Waals surface area contributed by atoms with Gasteiger partial charge in [0.15, 0.2) is 0 Å². The van der Waals surface area contributed by atoms with Gasteiger partial charge in [0.05, 0.1) is 10.6 Å². The summed E-state index contributed by atoms with van der Waals surface area (Å²) < 4.78 is 28.9. The van der Waals surface area contributed by atoms with Gasteiger partial charge in [-0.3, -0.25) is 4.72 Å². The molecule has 2 aromatic carbocycles. The van der Waals surface area contributed by atoms with Gasteiger partial charge in [0.1, 0.15) is 4.83 Å². The summed E-state index contributed by atoms with van der Waals surface area (Å²) in [5, 5.41) is 12.3. The number of aryl methyl sites for hydroxylation is 2. The quantitative estimate of drug-likeness (QED) is 0.309. The summed E-state index contributed by atoms with van der Waals surface area (Å²) in [4.78, 5) is 17.2. The third-order valence-corrected chi connectivity index (χ3v) is 7.57. The summed E-state index contributed by atoms with van der Waals surface area (Å²) in [6, 6.07) is 15.3. The fourth-order valence-electron chi connectivity index (χ4n) is 3.61. The zero-order valence-corrected chi connectivity index (χ0v) is 20.1. The van der Waals surface area contributed by atoms with Gasteiger partial charge < -0.3 is 10.4 Å². The molecule has 0 unspecified atom stereocenters. The van der Waals surface area contributed by atoms with Crippen molar-refractivity contribution in [2.45, 2.75) is 25.3 Å². The van der Waals surface area contributed by atoms with Crippen LogP contribution in [0.2, 0.25) is 5.02 Å². The van der Waals surface area contributed by atoms with Crippen molar-refractivity contribution in [2.75, 3.05) is 4.72 Å². The predicted octanol–water partition coefficient (Wildman–Crippen LogP) is 5.80. The Morgan fingerprint density at radius 3 is 2.61 bits per heavy atom. The number of aromatic nitrogens is 1. The predicted molar refractivity (Wildman–Crippen MR) is 132 cm³/mol. The van der Waals surface area contributed by atoms with Crippen LogP contribution in [0.5, 0.6) is 0 Å². The molecule has 0 saturated heterocycles. The zero-order chi connectivity index (χ0) is 23.8. The first-order chi connectivity index (χ1) is 15.6. The number of anilines is 1. The highest BCUT2D eigenvalue weighted by atomic mass is 35.5. The maximum Gasteiger partial charge on any atom is 0.404 e. The molecule has 0 aliphatic rings. The number of hydrogen-bond donors (Lipinski definition) is 3. The molecule has 2 aromatic heterocycles. The van der Waals surface area contributed by atoms with Crippen LogP contribution in [0.3, 0.4) is 0 Å². The highest BCUT2D eigenvalue weighted by Crippen LogP contribution is 2.42. The molecule has 33 heavy (non-hydrogen) atoms. The van der Waals surface area contributed by atoms with Crippen LogP contribution >= 0.6 is 22.9 Å². The lowest BCUT2D eigenvalue weighted by Gasteiger charge is -2.13. The number of benzene rings is 2. The summed E-state index contributed by atoms with van der Waals surface area (Å²) in [6.45, 7) is 3.92. The molecule has 4 rings (SSSR count). The SMILES string of the molecule is Cc1cc(NS(=O)(=O)c2cccc(Cl)c2)c2c(-c3cccc(CNC(=O)O)c3)c(C)sc2n1. The summed E-state index contributed by atoms with van der Waals surface area (Å²) >= 11 is 7.47. The van der Waals surface area contributed by atoms with Crippen molar-refractivity contribution in [3.63, 3.8) is 0 Å². The van der Waals surface area contributed by atoms with E-state index < -0.39 is 16.1 Å². The molecule has 0 atom stereocenters. The average Bonchev–Trinajstić information content (AvgIpc) is 3.08. The molecule has 0 radical (unpaired) electrons. The molecule has 0 bridgehead atoms. The van der Waals surface area contributed by atoms with Gasteiger partial charge >= 0.3 is 6.09 Å². The van der Waals surface area contributed by atoms with Crippen molar-refractivity contribution in [3.05, 3.63) is 75.8 Å². The molecule has 2 heterocycles. The summed E-state index contributed by atoms with van der Waals surface area (Å²) in [5.74, 6) is 0. The van der Waals surface area contributed by atoms with E-state index in [1.165, 1.54) is 23.5 Å². The minimum Gasteiger partial charge on any atom is -0.465 e. The van der Waals surface area contributed by atoms with Gasteiger partial charge in [-0.05, 0) is 55.3 Å². The second kappa shape index (κ2) is 9.01. The maximum absolute atomic E-state index is 13.1. The Balaban J connectivity index is 1.85. The Morgan fingerprint density at radius 2 is 1.88 bits per heavy atom. The van der Waals surface area contributed by atoms with Crippen LogP contribution in [0.15, 0.2) is 59.5 Å². The van der Waals surface area contributed by atoms with E-state index in [9.17, 15) is 13.2 Å². The first-order valence-corrected chi connectivity index (χ1v) is 12.6. The van der Waals surface area contributed by atoms with Crippen LogP contribution in [-0.4, -0.2) is 24.6 Å². The minimum absolute atomic E-state index is 0.0628. The molecule has 0 saturated carbocycles. The topological polar surface area (TPSA) is 108 Å². The number of fused-ring (bicyclic) bond motifs is 1. The second-order valence-electron chi connectivity index (χ2n) is 7.45. The van der Waals surface area contributed by atoms with Crippen LogP contribution in [0.1, 0.15) is 16.1 Å². The van der Waals surface area contributed by atoms with Crippen molar-refractivity contribution in [1.82, 2.24) is 10.3 Å². The van der Waals surface area contributed by atoms with Crippen molar-refractivity contribution < 1.29 is 18.3 Å². The standard InChI is InChI=1S/C23H20ClN3O4S2/c1-13-9-19(27-33(30,31)18-8-4-7-17(24)11-18)21-20(14(2)32-22(21)26-13)16-6-3-5-15(10-16)12-25-23(28)29/h3-11,25H,12H2,1-2H3,(H,26,27)(H,28,29). The van der Waals surface area contributed by atoms with Gasteiger partial charge in [-0.1, -0.05) is 35.9 Å². The first kappa shape index (κ1) is 23.0. The Hall–Kier alpha value is -3.14. The molecule has 1 amide bonds. The number of rotatable bonds is 6. The maximum atomic E-state index is 13.1. The largest absolute Gasteiger partial charge is 0.465 e. The van der Waals surface area contributed by atoms with Gasteiger partial charge in [-0.15, -0.1) is 11.3 Å². The molecule has 0 aliphatic carbocycles. The van der Waals surface area contributed by atoms with E-state index in [1.807, 2.05) is 38.1 Å². The number of amides is 1. The van der Waals surface area contributed by atoms with E-state index in [0.717, 1.165) is 21.6 Å². The number of nitrogens with zero attached hydrogens (tertiary/aromatic N) is 1. The summed E-state index contributed by atoms with van der Waals surface area (Å²) in [6.07, 6.45) is -1.10. The normalized spacial score (nSPS) is 11.5. The lowest BCUT2D eigenvalue weighted by atomic mass is 10.00. The zero-order valence-electron chi connectivity index (χ0n) is 17.7. The molecule has 0 spiro atoms. The number of thiophene rings is 1. The average molecular weight is 502 g/mol. The van der Waals surface area contributed by atoms with E-state index in [1.54, 1.807) is 18.2 Å².